The van der Waals surface area contributed by atoms with Gasteiger partial charge in [-0.25, -0.2) is 0 Å². The molecule has 29 heavy (non-hydrogen) atoms. The van der Waals surface area contributed by atoms with Crippen LogP contribution in [0.4, 0.5) is 5.69 Å². The molecule has 3 atom stereocenters. The van der Waals surface area contributed by atoms with Gasteiger partial charge in [0.25, 0.3) is 5.91 Å². The summed E-state index contributed by atoms with van der Waals surface area (Å²) in [6.45, 7) is 10.6. The number of rotatable bonds is 7. The molecule has 4 heteroatoms. The van der Waals surface area contributed by atoms with Crippen molar-refractivity contribution in [3.8, 4) is 5.75 Å². The number of amides is 1. The quantitative estimate of drug-likeness (QED) is 0.696. The Morgan fingerprint density at radius 2 is 1.93 bits per heavy atom. The molecule has 1 aliphatic heterocycles. The number of hydrogen-bond donors (Lipinski definition) is 1. The summed E-state index contributed by atoms with van der Waals surface area (Å²) in [6, 6.07) is 16.4. The van der Waals surface area contributed by atoms with Crippen molar-refractivity contribution in [2.75, 3.05) is 18.0 Å². The predicted octanol–water partition coefficient (Wildman–Crippen LogP) is 5.27. The first kappa shape index (κ1) is 21.2. The van der Waals surface area contributed by atoms with Crippen LogP contribution in [0.3, 0.4) is 0 Å². The molecule has 0 radical (unpaired) electrons. The third-order valence-corrected chi connectivity index (χ3v) is 5.80. The van der Waals surface area contributed by atoms with Gasteiger partial charge in [-0.3, -0.25) is 4.79 Å². The number of carbonyl (C=O) groups is 1. The van der Waals surface area contributed by atoms with Crippen LogP contribution in [-0.2, 0) is 4.79 Å². The van der Waals surface area contributed by atoms with E-state index in [1.54, 1.807) is 0 Å². The molecular weight excluding hydrogens is 360 g/mol. The molecule has 0 aliphatic carbocycles. The summed E-state index contributed by atoms with van der Waals surface area (Å²) in [5.74, 6) is 1.44. The highest BCUT2D eigenvalue weighted by atomic mass is 16.5. The average molecular weight is 395 g/mol. The van der Waals surface area contributed by atoms with Gasteiger partial charge in [-0.2, -0.15) is 0 Å². The molecule has 3 rings (SSSR count). The largest absolute Gasteiger partial charge is 0.480 e. The monoisotopic (exact) mass is 394 g/mol. The van der Waals surface area contributed by atoms with Crippen LogP contribution in [0.15, 0.2) is 48.5 Å². The van der Waals surface area contributed by atoms with Gasteiger partial charge < -0.3 is 15.0 Å². The Hall–Kier alpha value is -2.49. The molecule has 1 fully saturated rings. The minimum absolute atomic E-state index is 0.0636. The highest BCUT2D eigenvalue weighted by Crippen LogP contribution is 2.25. The Kier molecular flexibility index (Phi) is 7.18. The van der Waals surface area contributed by atoms with Crippen LogP contribution in [0.2, 0.25) is 0 Å². The number of para-hydroxylation sites is 1. The van der Waals surface area contributed by atoms with Gasteiger partial charge in [0.15, 0.2) is 6.10 Å². The van der Waals surface area contributed by atoms with Crippen LogP contribution >= 0.6 is 0 Å². The van der Waals surface area contributed by atoms with Gasteiger partial charge >= 0.3 is 0 Å². The molecule has 156 valence electrons. The van der Waals surface area contributed by atoms with Gasteiger partial charge in [-0.05, 0) is 68.4 Å². The third-order valence-electron chi connectivity index (χ3n) is 5.80. The summed E-state index contributed by atoms with van der Waals surface area (Å²) in [4.78, 5) is 15.2. The minimum Gasteiger partial charge on any atom is -0.480 e. The van der Waals surface area contributed by atoms with Gasteiger partial charge in [0.1, 0.15) is 5.75 Å². The highest BCUT2D eigenvalue weighted by molar-refractivity contribution is 5.81. The van der Waals surface area contributed by atoms with E-state index in [4.69, 9.17) is 4.74 Å². The average Bonchev–Trinajstić information content (AvgIpc) is 2.73. The summed E-state index contributed by atoms with van der Waals surface area (Å²) in [7, 11) is 0. The van der Waals surface area contributed by atoms with Crippen molar-refractivity contribution >= 4 is 11.6 Å². The molecule has 1 saturated heterocycles. The lowest BCUT2D eigenvalue weighted by Gasteiger charge is -2.33. The Balaban J connectivity index is 1.60. The van der Waals surface area contributed by atoms with Crippen LogP contribution in [0, 0.1) is 12.8 Å². The lowest BCUT2D eigenvalue weighted by atomic mass is 9.99. The van der Waals surface area contributed by atoms with Crippen LogP contribution < -0.4 is 15.0 Å². The second kappa shape index (κ2) is 9.82. The third kappa shape index (κ3) is 5.53. The van der Waals surface area contributed by atoms with Gasteiger partial charge in [-0.1, -0.05) is 44.2 Å². The van der Waals surface area contributed by atoms with Crippen molar-refractivity contribution in [3.63, 3.8) is 0 Å². The van der Waals surface area contributed by atoms with Crippen LogP contribution in [0.5, 0.6) is 5.75 Å². The SMILES string of the molecule is CC[C@H](Oc1ccccc1C)C(=O)N[C@H](C)c1ccc(N2CCC[C@@H](C)C2)cc1. The first-order valence-electron chi connectivity index (χ1n) is 10.9. The summed E-state index contributed by atoms with van der Waals surface area (Å²) >= 11 is 0. The molecule has 0 bridgehead atoms. The van der Waals surface area contributed by atoms with Gasteiger partial charge in [0, 0.05) is 18.8 Å². The predicted molar refractivity (Wildman–Crippen MR) is 119 cm³/mol. The number of benzene rings is 2. The fraction of sp³-hybridized carbons (Fsp3) is 0.480. The first-order valence-corrected chi connectivity index (χ1v) is 10.9. The molecule has 0 saturated carbocycles. The lowest BCUT2D eigenvalue weighted by molar-refractivity contribution is -0.128. The van der Waals surface area contributed by atoms with Gasteiger partial charge in [0.2, 0.25) is 0 Å². The number of anilines is 1. The zero-order chi connectivity index (χ0) is 20.8. The zero-order valence-electron chi connectivity index (χ0n) is 18.2. The van der Waals surface area contributed by atoms with Gasteiger partial charge in [-0.15, -0.1) is 0 Å². The van der Waals surface area contributed by atoms with E-state index in [1.807, 2.05) is 45.0 Å². The summed E-state index contributed by atoms with van der Waals surface area (Å²) < 4.78 is 5.98. The number of ether oxygens (including phenoxy) is 1. The second-order valence-corrected chi connectivity index (χ2v) is 8.30. The normalized spacial score (nSPS) is 18.8. The molecule has 1 N–H and O–H groups in total. The molecule has 2 aromatic carbocycles. The number of hydrogen-bond acceptors (Lipinski definition) is 3. The molecule has 4 nitrogen and oxygen atoms in total. The van der Waals surface area contributed by atoms with Crippen LogP contribution in [0.25, 0.3) is 0 Å². The van der Waals surface area contributed by atoms with E-state index in [0.717, 1.165) is 35.9 Å². The fourth-order valence-corrected chi connectivity index (χ4v) is 3.95. The summed E-state index contributed by atoms with van der Waals surface area (Å²) in [5.41, 5.74) is 3.42. The maximum absolute atomic E-state index is 12.8. The number of carbonyl (C=O) groups excluding carboxylic acids is 1. The molecular formula is C25H34N2O2. The first-order chi connectivity index (χ1) is 14.0. The van der Waals surface area contributed by atoms with Crippen molar-refractivity contribution in [2.45, 2.75) is 59.1 Å². The van der Waals surface area contributed by atoms with Crippen LogP contribution in [-0.4, -0.2) is 25.1 Å². The van der Waals surface area contributed by atoms with Crippen molar-refractivity contribution in [1.82, 2.24) is 5.32 Å². The Bertz CT molecular complexity index is 803. The van der Waals surface area contributed by atoms with E-state index < -0.39 is 6.10 Å². The Morgan fingerprint density at radius 3 is 2.59 bits per heavy atom. The molecule has 1 heterocycles. The molecule has 2 aromatic rings. The highest BCUT2D eigenvalue weighted by Gasteiger charge is 2.22. The van der Waals surface area contributed by atoms with Crippen molar-refractivity contribution < 1.29 is 9.53 Å². The number of nitrogens with one attached hydrogen (secondary N) is 1. The molecule has 0 spiro atoms. The van der Waals surface area contributed by atoms with Crippen molar-refractivity contribution in [2.24, 2.45) is 5.92 Å². The number of piperidine rings is 1. The maximum atomic E-state index is 12.8. The Labute approximate surface area is 175 Å². The summed E-state index contributed by atoms with van der Waals surface area (Å²) in [6.07, 6.45) is 2.71. The van der Waals surface area contributed by atoms with Crippen LogP contribution in [0.1, 0.15) is 57.2 Å². The molecule has 1 aliphatic rings. The van der Waals surface area contributed by atoms with E-state index in [2.05, 4.69) is 41.4 Å². The van der Waals surface area contributed by atoms with Gasteiger partial charge in [0.05, 0.1) is 6.04 Å². The number of nitrogens with zero attached hydrogens (tertiary/aromatic N) is 1. The zero-order valence-corrected chi connectivity index (χ0v) is 18.2. The van der Waals surface area contributed by atoms with E-state index in [9.17, 15) is 4.79 Å². The smallest absolute Gasteiger partial charge is 0.261 e. The van der Waals surface area contributed by atoms with E-state index in [-0.39, 0.29) is 11.9 Å². The summed E-state index contributed by atoms with van der Waals surface area (Å²) in [5, 5.41) is 3.12. The number of aryl methyl sites for hydroxylation is 1. The van der Waals surface area contributed by atoms with E-state index in [0.29, 0.717) is 6.42 Å². The molecule has 0 aromatic heterocycles. The van der Waals surface area contributed by atoms with E-state index >= 15 is 0 Å². The molecule has 0 unspecified atom stereocenters. The Morgan fingerprint density at radius 1 is 1.21 bits per heavy atom. The van der Waals surface area contributed by atoms with Crippen molar-refractivity contribution in [3.05, 3.63) is 59.7 Å². The maximum Gasteiger partial charge on any atom is 0.261 e. The standard InChI is InChI=1S/C25H34N2O2/c1-5-23(29-24-11-7-6-10-19(24)3)25(28)26-20(4)21-12-14-22(15-13-21)27-16-8-9-18(2)17-27/h6-7,10-15,18,20,23H,5,8-9,16-17H2,1-4H3,(H,26,28)/t18-,20-,23+/m1/s1. The molecule has 1 amide bonds. The van der Waals surface area contributed by atoms with Crippen molar-refractivity contribution in [1.29, 1.82) is 0 Å². The second-order valence-electron chi connectivity index (χ2n) is 8.30. The minimum atomic E-state index is -0.493. The fourth-order valence-electron chi connectivity index (χ4n) is 3.95. The topological polar surface area (TPSA) is 41.6 Å². The lowest BCUT2D eigenvalue weighted by Crippen LogP contribution is -2.39. The van der Waals surface area contributed by atoms with E-state index in [1.165, 1.54) is 18.5 Å².